The first-order valence-electron chi connectivity index (χ1n) is 9.81. The van der Waals surface area contributed by atoms with Gasteiger partial charge >= 0.3 is 5.97 Å². The summed E-state index contributed by atoms with van der Waals surface area (Å²) in [6, 6.07) is 13.2. The van der Waals surface area contributed by atoms with Crippen LogP contribution >= 0.6 is 0 Å². The Bertz CT molecular complexity index is 939. The Morgan fingerprint density at radius 2 is 1.58 bits per heavy atom. The highest BCUT2D eigenvalue weighted by Crippen LogP contribution is 2.19. The van der Waals surface area contributed by atoms with Crippen LogP contribution < -0.4 is 10.6 Å². The number of benzene rings is 2. The van der Waals surface area contributed by atoms with E-state index >= 15 is 0 Å². The van der Waals surface area contributed by atoms with Crippen molar-refractivity contribution in [2.24, 2.45) is 0 Å². The van der Waals surface area contributed by atoms with E-state index in [0.29, 0.717) is 11.3 Å². The van der Waals surface area contributed by atoms with E-state index in [1.54, 1.807) is 30.3 Å². The molecule has 164 valence electrons. The highest BCUT2D eigenvalue weighted by molar-refractivity contribution is 5.97. The Kier molecular flexibility index (Phi) is 8.31. The fraction of sp³-hybridized carbons (Fsp3) is 0.304. The van der Waals surface area contributed by atoms with Crippen molar-refractivity contribution in [3.05, 3.63) is 65.2 Å². The maximum Gasteiger partial charge on any atom is 0.328 e. The van der Waals surface area contributed by atoms with Crippen molar-refractivity contribution in [2.75, 3.05) is 25.5 Å². The second-order valence-electron chi connectivity index (χ2n) is 7.23. The van der Waals surface area contributed by atoms with Gasteiger partial charge < -0.3 is 20.3 Å². The van der Waals surface area contributed by atoms with Gasteiger partial charge in [-0.1, -0.05) is 36.4 Å². The van der Waals surface area contributed by atoms with E-state index in [4.69, 9.17) is 4.74 Å². The van der Waals surface area contributed by atoms with Crippen LogP contribution in [-0.2, 0) is 19.1 Å². The smallest absolute Gasteiger partial charge is 0.328 e. The summed E-state index contributed by atoms with van der Waals surface area (Å²) in [6.45, 7) is 4.51. The lowest BCUT2D eigenvalue weighted by Gasteiger charge is -2.19. The van der Waals surface area contributed by atoms with Crippen molar-refractivity contribution in [3.8, 4) is 0 Å². The van der Waals surface area contributed by atoms with Crippen LogP contribution in [0.4, 0.5) is 5.69 Å². The van der Waals surface area contributed by atoms with Gasteiger partial charge in [0, 0.05) is 18.3 Å². The first kappa shape index (κ1) is 23.6. The van der Waals surface area contributed by atoms with Gasteiger partial charge in [-0.2, -0.15) is 0 Å². The Hall–Kier alpha value is -3.68. The number of hydrogen-bond donors (Lipinski definition) is 2. The number of rotatable bonds is 8. The van der Waals surface area contributed by atoms with Crippen LogP contribution in [0.15, 0.2) is 48.5 Å². The highest BCUT2D eigenvalue weighted by atomic mass is 16.5. The molecule has 1 atom stereocenters. The molecule has 2 N–H and O–H groups in total. The molecule has 2 aromatic carbocycles. The predicted molar refractivity (Wildman–Crippen MR) is 117 cm³/mol. The fourth-order valence-electron chi connectivity index (χ4n) is 2.79. The topological polar surface area (TPSA) is 105 Å². The van der Waals surface area contributed by atoms with Crippen LogP contribution in [0.5, 0.6) is 0 Å². The second kappa shape index (κ2) is 10.9. The zero-order valence-electron chi connectivity index (χ0n) is 18.1. The molecular formula is C23H27N3O5. The van der Waals surface area contributed by atoms with E-state index in [2.05, 4.69) is 10.6 Å². The molecule has 0 unspecified atom stereocenters. The predicted octanol–water partition coefficient (Wildman–Crippen LogP) is 2.06. The van der Waals surface area contributed by atoms with Gasteiger partial charge in [0.05, 0.1) is 6.54 Å². The molecule has 0 spiro atoms. The summed E-state index contributed by atoms with van der Waals surface area (Å²) < 4.78 is 4.99. The molecule has 0 aromatic heterocycles. The number of anilines is 1. The standard InChI is InChI=1S/C23H27N3O5/c1-15-9-8-10-16(2)21(15)25-19(27)13-26(4)20(28)14-31-23(30)17(3)24-22(29)18-11-6-5-7-12-18/h5-12,17H,13-14H2,1-4H3,(H,24,29)(H,25,27)/t17-/m1/s1. The lowest BCUT2D eigenvalue weighted by Crippen LogP contribution is -2.42. The van der Waals surface area contributed by atoms with E-state index in [1.165, 1.54) is 18.9 Å². The maximum atomic E-state index is 12.3. The highest BCUT2D eigenvalue weighted by Gasteiger charge is 2.21. The number of esters is 1. The lowest BCUT2D eigenvalue weighted by molar-refractivity contribution is -0.153. The number of hydrogen-bond acceptors (Lipinski definition) is 5. The third-order valence-electron chi connectivity index (χ3n) is 4.63. The summed E-state index contributed by atoms with van der Waals surface area (Å²) in [5.41, 5.74) is 2.96. The Morgan fingerprint density at radius 3 is 2.19 bits per heavy atom. The van der Waals surface area contributed by atoms with Crippen LogP contribution in [0.3, 0.4) is 0 Å². The number of aryl methyl sites for hydroxylation is 2. The summed E-state index contributed by atoms with van der Waals surface area (Å²) >= 11 is 0. The van der Waals surface area contributed by atoms with Crippen LogP contribution in [0, 0.1) is 13.8 Å². The summed E-state index contributed by atoms with van der Waals surface area (Å²) in [7, 11) is 1.45. The normalized spacial score (nSPS) is 11.2. The Morgan fingerprint density at radius 1 is 0.968 bits per heavy atom. The van der Waals surface area contributed by atoms with E-state index in [0.717, 1.165) is 11.1 Å². The van der Waals surface area contributed by atoms with Gasteiger partial charge in [0.2, 0.25) is 5.91 Å². The van der Waals surface area contributed by atoms with Crippen molar-refractivity contribution in [1.29, 1.82) is 0 Å². The molecule has 0 aliphatic heterocycles. The van der Waals surface area contributed by atoms with Crippen LogP contribution in [0.2, 0.25) is 0 Å². The van der Waals surface area contributed by atoms with Gasteiger partial charge in [-0.15, -0.1) is 0 Å². The number of carbonyl (C=O) groups excluding carboxylic acids is 4. The first-order valence-corrected chi connectivity index (χ1v) is 9.81. The molecule has 0 fully saturated rings. The van der Waals surface area contributed by atoms with Crippen molar-refractivity contribution >= 4 is 29.4 Å². The Labute approximate surface area is 181 Å². The molecule has 0 heterocycles. The zero-order valence-corrected chi connectivity index (χ0v) is 18.1. The molecule has 31 heavy (non-hydrogen) atoms. The number of nitrogens with one attached hydrogen (secondary N) is 2. The summed E-state index contributed by atoms with van der Waals surface area (Å²) in [5, 5.41) is 5.31. The number of ether oxygens (including phenoxy) is 1. The molecule has 0 saturated carbocycles. The van der Waals surface area contributed by atoms with Crippen LogP contribution in [0.1, 0.15) is 28.4 Å². The molecule has 8 nitrogen and oxygen atoms in total. The van der Waals surface area contributed by atoms with Crippen molar-refractivity contribution in [1.82, 2.24) is 10.2 Å². The molecule has 8 heteroatoms. The van der Waals surface area contributed by atoms with Gasteiger partial charge in [-0.3, -0.25) is 14.4 Å². The monoisotopic (exact) mass is 425 g/mol. The minimum atomic E-state index is -0.932. The first-order chi connectivity index (χ1) is 14.7. The van der Waals surface area contributed by atoms with E-state index in [-0.39, 0.29) is 12.5 Å². The molecule has 0 aliphatic rings. The minimum Gasteiger partial charge on any atom is -0.454 e. The van der Waals surface area contributed by atoms with Gasteiger partial charge in [-0.25, -0.2) is 4.79 Å². The molecule has 2 aromatic rings. The molecule has 0 radical (unpaired) electrons. The average molecular weight is 425 g/mol. The van der Waals surface area contributed by atoms with Gasteiger partial charge in [0.1, 0.15) is 6.04 Å². The number of carbonyl (C=O) groups is 4. The fourth-order valence-corrected chi connectivity index (χ4v) is 2.79. The molecule has 2 rings (SSSR count). The zero-order chi connectivity index (χ0) is 23.0. The number of nitrogens with zero attached hydrogens (tertiary/aromatic N) is 1. The number of para-hydroxylation sites is 1. The van der Waals surface area contributed by atoms with Gasteiger partial charge in [0.15, 0.2) is 6.61 Å². The average Bonchev–Trinajstić information content (AvgIpc) is 2.74. The SMILES string of the molecule is Cc1cccc(C)c1NC(=O)CN(C)C(=O)COC(=O)[C@@H](C)NC(=O)c1ccccc1. The molecule has 0 saturated heterocycles. The number of amides is 3. The Balaban J connectivity index is 1.79. The molecular weight excluding hydrogens is 398 g/mol. The van der Waals surface area contributed by atoms with Crippen LogP contribution in [0.25, 0.3) is 0 Å². The largest absolute Gasteiger partial charge is 0.454 e. The van der Waals surface area contributed by atoms with E-state index < -0.39 is 30.4 Å². The van der Waals surface area contributed by atoms with Crippen LogP contribution in [-0.4, -0.2) is 54.8 Å². The molecule has 0 bridgehead atoms. The molecule has 3 amide bonds. The van der Waals surface area contributed by atoms with Crippen molar-refractivity contribution < 1.29 is 23.9 Å². The number of likely N-dealkylation sites (N-methyl/N-ethyl adjacent to an activating group) is 1. The molecule has 0 aliphatic carbocycles. The lowest BCUT2D eigenvalue weighted by atomic mass is 10.1. The third kappa shape index (κ3) is 6.95. The summed E-state index contributed by atoms with van der Waals surface area (Å²) in [5.74, 6) is -2.06. The van der Waals surface area contributed by atoms with Crippen molar-refractivity contribution in [2.45, 2.75) is 26.8 Å². The second-order valence-corrected chi connectivity index (χ2v) is 7.23. The van der Waals surface area contributed by atoms with E-state index in [1.807, 2.05) is 32.0 Å². The van der Waals surface area contributed by atoms with Gasteiger partial charge in [0.25, 0.3) is 11.8 Å². The maximum absolute atomic E-state index is 12.3. The minimum absolute atomic E-state index is 0.190. The summed E-state index contributed by atoms with van der Waals surface area (Å²) in [6.07, 6.45) is 0. The summed E-state index contributed by atoms with van der Waals surface area (Å²) in [4.78, 5) is 49.8. The third-order valence-corrected chi connectivity index (χ3v) is 4.63. The van der Waals surface area contributed by atoms with E-state index in [9.17, 15) is 19.2 Å². The quantitative estimate of drug-likeness (QED) is 0.630. The van der Waals surface area contributed by atoms with Gasteiger partial charge in [-0.05, 0) is 44.0 Å². The van der Waals surface area contributed by atoms with Crippen molar-refractivity contribution in [3.63, 3.8) is 0 Å².